The van der Waals surface area contributed by atoms with Gasteiger partial charge in [0, 0.05) is 38.7 Å². The molecule has 0 saturated carbocycles. The molecule has 12 aromatic rings. The summed E-state index contributed by atoms with van der Waals surface area (Å²) >= 11 is 0. The van der Waals surface area contributed by atoms with Crippen LogP contribution in [0.15, 0.2) is 243 Å². The van der Waals surface area contributed by atoms with Crippen LogP contribution in [0.5, 0.6) is 0 Å². The predicted octanol–water partition coefficient (Wildman–Crippen LogP) is 15.6. The Labute approximate surface area is 394 Å². The minimum atomic E-state index is -0.484. The molecule has 0 N–H and O–H groups in total. The Balaban J connectivity index is 1.03. The normalized spacial score (nSPS) is 12.8. The third-order valence-corrected chi connectivity index (χ3v) is 14.3. The number of para-hydroxylation sites is 1. The third kappa shape index (κ3) is 5.58. The van der Waals surface area contributed by atoms with Crippen LogP contribution in [0.2, 0.25) is 0 Å². The van der Waals surface area contributed by atoms with Crippen molar-refractivity contribution in [3.8, 4) is 84.4 Å². The van der Waals surface area contributed by atoms with Crippen molar-refractivity contribution < 1.29 is 0 Å². The van der Waals surface area contributed by atoms with E-state index in [1.165, 1.54) is 50.1 Å². The van der Waals surface area contributed by atoms with Gasteiger partial charge in [0.2, 0.25) is 0 Å². The lowest BCUT2D eigenvalue weighted by atomic mass is 9.70. The third-order valence-electron chi connectivity index (χ3n) is 14.3. The molecule has 14 rings (SSSR count). The first kappa shape index (κ1) is 38.3. The summed E-state index contributed by atoms with van der Waals surface area (Å²) in [5.74, 6) is 1.89. The number of rotatable bonds is 6. The molecule has 0 aliphatic heterocycles. The first-order valence-electron chi connectivity index (χ1n) is 23.3. The first-order valence-corrected chi connectivity index (χ1v) is 23.3. The van der Waals surface area contributed by atoms with Gasteiger partial charge in [0.1, 0.15) is 0 Å². The van der Waals surface area contributed by atoms with E-state index in [9.17, 15) is 0 Å². The van der Waals surface area contributed by atoms with Gasteiger partial charge < -0.3 is 4.57 Å². The molecular weight excluding hydrogens is 825 g/mol. The van der Waals surface area contributed by atoms with Crippen LogP contribution >= 0.6 is 0 Å². The number of fused-ring (bicyclic) bond motifs is 13. The van der Waals surface area contributed by atoms with Gasteiger partial charge in [-0.15, -0.1) is 0 Å². The van der Waals surface area contributed by atoms with Crippen LogP contribution in [0.25, 0.3) is 106 Å². The van der Waals surface area contributed by atoms with Gasteiger partial charge in [-0.3, -0.25) is 0 Å². The number of benzene rings is 10. The molecule has 0 bridgehead atoms. The van der Waals surface area contributed by atoms with E-state index in [0.29, 0.717) is 17.5 Å². The van der Waals surface area contributed by atoms with Gasteiger partial charge in [0.05, 0.1) is 16.4 Å². The lowest BCUT2D eigenvalue weighted by Crippen LogP contribution is -2.25. The minimum Gasteiger partial charge on any atom is -0.309 e. The van der Waals surface area contributed by atoms with Crippen molar-refractivity contribution in [1.82, 2.24) is 19.5 Å². The van der Waals surface area contributed by atoms with Crippen molar-refractivity contribution >= 4 is 21.8 Å². The monoisotopic (exact) mass is 864 g/mol. The van der Waals surface area contributed by atoms with Crippen molar-refractivity contribution in [3.63, 3.8) is 0 Å². The van der Waals surface area contributed by atoms with E-state index < -0.39 is 5.41 Å². The highest BCUT2D eigenvalue weighted by Crippen LogP contribution is 2.63. The van der Waals surface area contributed by atoms with Gasteiger partial charge in [0.15, 0.2) is 17.5 Å². The summed E-state index contributed by atoms with van der Waals surface area (Å²) in [7, 11) is 0. The van der Waals surface area contributed by atoms with Gasteiger partial charge in [-0.1, -0.05) is 200 Å². The molecule has 0 unspecified atom stereocenters. The maximum atomic E-state index is 5.51. The fourth-order valence-corrected chi connectivity index (χ4v) is 11.4. The largest absolute Gasteiger partial charge is 0.309 e. The van der Waals surface area contributed by atoms with Gasteiger partial charge >= 0.3 is 0 Å². The Kier molecular flexibility index (Phi) is 8.46. The van der Waals surface area contributed by atoms with Crippen molar-refractivity contribution in [2.45, 2.75) is 5.41 Å². The topological polar surface area (TPSA) is 43.6 Å². The van der Waals surface area contributed by atoms with Crippen molar-refractivity contribution in [2.24, 2.45) is 0 Å². The molecule has 2 heterocycles. The van der Waals surface area contributed by atoms with Gasteiger partial charge in [0.25, 0.3) is 0 Å². The number of hydrogen-bond donors (Lipinski definition) is 0. The lowest BCUT2D eigenvalue weighted by Gasteiger charge is -2.30. The lowest BCUT2D eigenvalue weighted by molar-refractivity contribution is 0.794. The zero-order chi connectivity index (χ0) is 44.8. The molecule has 10 aromatic carbocycles. The molecule has 0 fully saturated rings. The van der Waals surface area contributed by atoms with Crippen LogP contribution in [0.1, 0.15) is 22.3 Å². The molecule has 0 amide bonds. The van der Waals surface area contributed by atoms with Crippen LogP contribution in [0.4, 0.5) is 0 Å². The van der Waals surface area contributed by atoms with E-state index >= 15 is 0 Å². The molecule has 0 atom stereocenters. The number of aromatic nitrogens is 4. The molecule has 2 aliphatic carbocycles. The van der Waals surface area contributed by atoms with Crippen LogP contribution in [-0.2, 0) is 5.41 Å². The van der Waals surface area contributed by atoms with Crippen LogP contribution < -0.4 is 0 Å². The molecule has 68 heavy (non-hydrogen) atoms. The summed E-state index contributed by atoms with van der Waals surface area (Å²) < 4.78 is 2.42. The van der Waals surface area contributed by atoms with Gasteiger partial charge in [-0.25, -0.2) is 15.0 Å². The minimum absolute atomic E-state index is 0.484. The summed E-state index contributed by atoms with van der Waals surface area (Å²) in [4.78, 5) is 16.2. The summed E-state index contributed by atoms with van der Waals surface area (Å²) in [6.07, 6.45) is 0. The average Bonchev–Trinajstić information content (AvgIpc) is 4.03. The standard InChI is InChI=1S/C64H40N4/c1-5-20-41(21-6-1)45-39-51(42-22-7-2-8-23-42)60-53(40-45)52-38-44(36-37-58(52)68(60)46-26-11-4-12-27-46)62-65-61(43-24-9-3-10-25-43)66-63(67-62)50-31-19-35-57-59(50)49-30-15-18-34-56(49)64(57)54-32-16-13-28-47(54)48-29-14-17-33-55(48)64/h1-40H. The van der Waals surface area contributed by atoms with Crippen LogP contribution in [0, 0.1) is 0 Å². The van der Waals surface area contributed by atoms with Crippen LogP contribution in [0.3, 0.4) is 0 Å². The van der Waals surface area contributed by atoms with Crippen molar-refractivity contribution in [1.29, 1.82) is 0 Å². The predicted molar refractivity (Wildman–Crippen MR) is 278 cm³/mol. The zero-order valence-electron chi connectivity index (χ0n) is 36.9. The van der Waals surface area contributed by atoms with E-state index in [1.807, 2.05) is 18.2 Å². The highest BCUT2D eigenvalue weighted by Gasteiger charge is 2.52. The first-order chi connectivity index (χ1) is 33.7. The Morgan fingerprint density at radius 1 is 0.294 bits per heavy atom. The fraction of sp³-hybridized carbons (Fsp3) is 0.0156. The second-order valence-corrected chi connectivity index (χ2v) is 17.8. The van der Waals surface area contributed by atoms with Crippen molar-refractivity contribution in [3.05, 3.63) is 265 Å². The molecule has 0 saturated heterocycles. The number of nitrogens with zero attached hydrogens (tertiary/aromatic N) is 4. The fourth-order valence-electron chi connectivity index (χ4n) is 11.4. The summed E-state index contributed by atoms with van der Waals surface area (Å²) in [6.45, 7) is 0. The van der Waals surface area contributed by atoms with Crippen molar-refractivity contribution in [2.75, 3.05) is 0 Å². The highest BCUT2D eigenvalue weighted by molar-refractivity contribution is 6.16. The number of hydrogen-bond acceptors (Lipinski definition) is 3. The van der Waals surface area contributed by atoms with E-state index in [0.717, 1.165) is 60.9 Å². The average molecular weight is 865 g/mol. The maximum absolute atomic E-state index is 5.51. The molecule has 2 aromatic heterocycles. The van der Waals surface area contributed by atoms with E-state index in [1.54, 1.807) is 0 Å². The summed E-state index contributed by atoms with van der Waals surface area (Å²) in [5, 5.41) is 2.28. The molecular formula is C64H40N4. The van der Waals surface area contributed by atoms with E-state index in [2.05, 4.69) is 229 Å². The van der Waals surface area contributed by atoms with E-state index in [4.69, 9.17) is 15.0 Å². The van der Waals surface area contributed by atoms with E-state index in [-0.39, 0.29) is 0 Å². The maximum Gasteiger partial charge on any atom is 0.164 e. The van der Waals surface area contributed by atoms with Gasteiger partial charge in [-0.2, -0.15) is 0 Å². The zero-order valence-corrected chi connectivity index (χ0v) is 36.9. The Hall–Kier alpha value is -8.99. The molecule has 2 aliphatic rings. The highest BCUT2D eigenvalue weighted by atomic mass is 15.0. The second-order valence-electron chi connectivity index (χ2n) is 17.8. The quantitative estimate of drug-likeness (QED) is 0.167. The molecule has 4 heteroatoms. The molecule has 316 valence electrons. The molecule has 4 nitrogen and oxygen atoms in total. The Bertz CT molecular complexity index is 3910. The molecule has 1 spiro atoms. The second kappa shape index (κ2) is 15.0. The summed E-state index contributed by atoms with van der Waals surface area (Å²) in [5.41, 5.74) is 20.4. The molecule has 0 radical (unpaired) electrons. The van der Waals surface area contributed by atoms with Gasteiger partial charge in [-0.05, 0) is 104 Å². The smallest absolute Gasteiger partial charge is 0.164 e. The Morgan fingerprint density at radius 3 is 1.44 bits per heavy atom. The Morgan fingerprint density at radius 2 is 0.779 bits per heavy atom. The van der Waals surface area contributed by atoms with Crippen LogP contribution in [-0.4, -0.2) is 19.5 Å². The SMILES string of the molecule is c1ccc(-c2cc(-c3ccccc3)c3c(c2)c2cc(-c4nc(-c5ccccc5)nc(-c5cccc6c5-c5ccccc5C65c6ccccc6-c6ccccc65)n4)ccc2n3-c2ccccc2)cc1. The summed E-state index contributed by atoms with van der Waals surface area (Å²) in [6, 6.07) is 87.4.